The minimum absolute atomic E-state index is 0.217. The second-order valence-corrected chi connectivity index (χ2v) is 7.55. The fourth-order valence-corrected chi connectivity index (χ4v) is 4.15. The number of piperidine rings is 1. The number of benzene rings is 1. The van der Waals surface area contributed by atoms with E-state index in [9.17, 15) is 4.79 Å². The van der Waals surface area contributed by atoms with E-state index in [4.69, 9.17) is 11.6 Å². The number of hydrogen-bond donors (Lipinski definition) is 1. The summed E-state index contributed by atoms with van der Waals surface area (Å²) in [5.74, 6) is 2.57. The van der Waals surface area contributed by atoms with Gasteiger partial charge in [-0.15, -0.1) is 10.2 Å². The topological polar surface area (TPSA) is 63.1 Å². The van der Waals surface area contributed by atoms with Gasteiger partial charge < -0.3 is 14.8 Å². The zero-order valence-corrected chi connectivity index (χ0v) is 15.6. The molecule has 2 aromatic rings. The largest absolute Gasteiger partial charge is 0.342 e. The van der Waals surface area contributed by atoms with Gasteiger partial charge in [0.1, 0.15) is 11.6 Å². The van der Waals surface area contributed by atoms with Crippen LogP contribution in [0.15, 0.2) is 24.3 Å². The van der Waals surface area contributed by atoms with E-state index in [1.54, 1.807) is 0 Å². The molecule has 138 valence electrons. The van der Waals surface area contributed by atoms with Gasteiger partial charge in [0.25, 0.3) is 0 Å². The van der Waals surface area contributed by atoms with E-state index in [1.807, 2.05) is 29.2 Å². The number of carbonyl (C=O) groups is 1. The number of aromatic nitrogens is 3. The molecule has 0 radical (unpaired) electrons. The first-order valence-electron chi connectivity index (χ1n) is 9.35. The van der Waals surface area contributed by atoms with E-state index >= 15 is 0 Å². The van der Waals surface area contributed by atoms with Gasteiger partial charge in [-0.1, -0.05) is 23.7 Å². The van der Waals surface area contributed by atoms with E-state index < -0.39 is 0 Å². The van der Waals surface area contributed by atoms with Crippen molar-refractivity contribution in [1.29, 1.82) is 0 Å². The van der Waals surface area contributed by atoms with Crippen molar-refractivity contribution in [3.8, 4) is 0 Å². The van der Waals surface area contributed by atoms with E-state index in [0.29, 0.717) is 12.3 Å². The maximum atomic E-state index is 12.7. The summed E-state index contributed by atoms with van der Waals surface area (Å²) in [5, 5.41) is 12.8. The predicted octanol–water partition coefficient (Wildman–Crippen LogP) is 2.37. The number of carbonyl (C=O) groups excluding carboxylic acids is 1. The van der Waals surface area contributed by atoms with Gasteiger partial charge in [0, 0.05) is 43.5 Å². The first-order valence-corrected chi connectivity index (χ1v) is 9.73. The van der Waals surface area contributed by atoms with Crippen molar-refractivity contribution in [3.05, 3.63) is 46.5 Å². The van der Waals surface area contributed by atoms with Crippen molar-refractivity contribution >= 4 is 17.5 Å². The van der Waals surface area contributed by atoms with Crippen LogP contribution < -0.4 is 5.32 Å². The Kier molecular flexibility index (Phi) is 5.22. The number of likely N-dealkylation sites (tertiary alicyclic amines) is 1. The van der Waals surface area contributed by atoms with Crippen molar-refractivity contribution < 1.29 is 4.79 Å². The second kappa shape index (κ2) is 7.76. The molecule has 7 heteroatoms. The average molecular weight is 374 g/mol. The Morgan fingerprint density at radius 1 is 1.31 bits per heavy atom. The predicted molar refractivity (Wildman–Crippen MR) is 100 cm³/mol. The molecule has 4 rings (SSSR count). The summed E-state index contributed by atoms with van der Waals surface area (Å²) >= 11 is 6.03. The van der Waals surface area contributed by atoms with Crippen molar-refractivity contribution in [3.63, 3.8) is 0 Å². The lowest BCUT2D eigenvalue weighted by atomic mass is 9.96. The van der Waals surface area contributed by atoms with Gasteiger partial charge in [0.2, 0.25) is 5.91 Å². The molecule has 2 aliphatic heterocycles. The van der Waals surface area contributed by atoms with Crippen LogP contribution in [-0.2, 0) is 24.3 Å². The van der Waals surface area contributed by atoms with Crippen molar-refractivity contribution in [2.75, 3.05) is 19.6 Å². The van der Waals surface area contributed by atoms with Crippen LogP contribution in [0.25, 0.3) is 0 Å². The Hall–Kier alpha value is -1.92. The van der Waals surface area contributed by atoms with Crippen LogP contribution in [0.5, 0.6) is 0 Å². The number of aryl methyl sites for hydroxylation is 1. The fourth-order valence-electron chi connectivity index (χ4n) is 3.93. The summed E-state index contributed by atoms with van der Waals surface area (Å²) in [6.45, 7) is 4.24. The third-order valence-electron chi connectivity index (χ3n) is 5.31. The van der Waals surface area contributed by atoms with Gasteiger partial charge >= 0.3 is 0 Å². The van der Waals surface area contributed by atoms with Gasteiger partial charge in [-0.05, 0) is 37.0 Å². The number of amides is 1. The molecule has 0 saturated carbocycles. The second-order valence-electron chi connectivity index (χ2n) is 7.11. The maximum Gasteiger partial charge on any atom is 0.222 e. The van der Waals surface area contributed by atoms with Crippen LogP contribution in [-0.4, -0.2) is 45.2 Å². The summed E-state index contributed by atoms with van der Waals surface area (Å²) in [6.07, 6.45) is 3.35. The number of nitrogens with zero attached hydrogens (tertiary/aromatic N) is 4. The summed E-state index contributed by atoms with van der Waals surface area (Å²) in [5.41, 5.74) is 1.11. The quantitative estimate of drug-likeness (QED) is 0.893. The van der Waals surface area contributed by atoms with Crippen LogP contribution in [0, 0.1) is 0 Å². The molecule has 26 heavy (non-hydrogen) atoms. The van der Waals surface area contributed by atoms with Crippen LogP contribution in [0.4, 0.5) is 0 Å². The smallest absolute Gasteiger partial charge is 0.222 e. The minimum atomic E-state index is 0.217. The molecule has 0 unspecified atom stereocenters. The van der Waals surface area contributed by atoms with E-state index in [-0.39, 0.29) is 5.91 Å². The lowest BCUT2D eigenvalue weighted by Crippen LogP contribution is -2.40. The number of rotatable bonds is 4. The van der Waals surface area contributed by atoms with Gasteiger partial charge in [-0.25, -0.2) is 0 Å². The Balaban J connectivity index is 1.38. The lowest BCUT2D eigenvalue weighted by Gasteiger charge is -2.33. The molecule has 3 heterocycles. The van der Waals surface area contributed by atoms with E-state index in [1.165, 1.54) is 0 Å². The maximum absolute atomic E-state index is 12.7. The zero-order chi connectivity index (χ0) is 17.9. The third kappa shape index (κ3) is 3.76. The Morgan fingerprint density at radius 3 is 3.12 bits per heavy atom. The van der Waals surface area contributed by atoms with Gasteiger partial charge in [0.05, 0.1) is 6.54 Å². The van der Waals surface area contributed by atoms with E-state index in [2.05, 4.69) is 20.1 Å². The van der Waals surface area contributed by atoms with Crippen LogP contribution in [0.2, 0.25) is 5.02 Å². The molecule has 0 bridgehead atoms. The summed E-state index contributed by atoms with van der Waals surface area (Å²) in [6, 6.07) is 7.75. The van der Waals surface area contributed by atoms with Crippen molar-refractivity contribution in [1.82, 2.24) is 25.0 Å². The molecule has 0 spiro atoms. The first-order chi connectivity index (χ1) is 12.7. The molecular weight excluding hydrogens is 350 g/mol. The fraction of sp³-hybridized carbons (Fsp3) is 0.526. The summed E-state index contributed by atoms with van der Waals surface area (Å²) in [4.78, 5) is 14.7. The SMILES string of the molecule is O=C(CCc1cccc(Cl)c1)N1CCC[C@@H](c2nnc3n2CCNC3)C1. The Morgan fingerprint density at radius 2 is 2.23 bits per heavy atom. The molecule has 1 fully saturated rings. The van der Waals surface area contributed by atoms with Crippen LogP contribution in [0.1, 0.15) is 42.4 Å². The molecule has 1 atom stereocenters. The Bertz CT molecular complexity index is 790. The normalized spacial score (nSPS) is 20.0. The number of halogens is 1. The highest BCUT2D eigenvalue weighted by Gasteiger charge is 2.29. The number of hydrogen-bond acceptors (Lipinski definition) is 4. The first kappa shape index (κ1) is 17.5. The summed E-state index contributed by atoms with van der Waals surface area (Å²) < 4.78 is 2.24. The summed E-state index contributed by atoms with van der Waals surface area (Å²) in [7, 11) is 0. The van der Waals surface area contributed by atoms with E-state index in [0.717, 1.165) is 74.2 Å². The lowest BCUT2D eigenvalue weighted by molar-refractivity contribution is -0.132. The van der Waals surface area contributed by atoms with Gasteiger partial charge in [-0.3, -0.25) is 4.79 Å². The zero-order valence-electron chi connectivity index (χ0n) is 14.8. The molecule has 1 saturated heterocycles. The van der Waals surface area contributed by atoms with Gasteiger partial charge in [0.15, 0.2) is 0 Å². The molecule has 1 amide bonds. The minimum Gasteiger partial charge on any atom is -0.342 e. The van der Waals surface area contributed by atoms with Crippen LogP contribution in [0.3, 0.4) is 0 Å². The monoisotopic (exact) mass is 373 g/mol. The number of nitrogens with one attached hydrogen (secondary N) is 1. The van der Waals surface area contributed by atoms with Crippen LogP contribution >= 0.6 is 11.6 Å². The molecule has 1 N–H and O–H groups in total. The van der Waals surface area contributed by atoms with Gasteiger partial charge in [-0.2, -0.15) is 0 Å². The molecular formula is C19H24ClN5O. The standard InChI is InChI=1S/C19H24ClN5O/c20-16-5-1-3-14(11-16)6-7-18(26)24-9-2-4-15(13-24)19-23-22-17-12-21-8-10-25(17)19/h1,3,5,11,15,21H,2,4,6-10,12-13H2/t15-/m1/s1. The highest BCUT2D eigenvalue weighted by atomic mass is 35.5. The third-order valence-corrected chi connectivity index (χ3v) is 5.54. The molecule has 0 aliphatic carbocycles. The molecule has 6 nitrogen and oxygen atoms in total. The average Bonchev–Trinajstić information content (AvgIpc) is 3.10. The Labute approximate surface area is 158 Å². The molecule has 1 aromatic heterocycles. The molecule has 2 aliphatic rings. The van der Waals surface area contributed by atoms with Crippen molar-refractivity contribution in [2.24, 2.45) is 0 Å². The highest BCUT2D eigenvalue weighted by Crippen LogP contribution is 2.27. The van der Waals surface area contributed by atoms with Crippen molar-refractivity contribution in [2.45, 2.75) is 44.7 Å². The number of fused-ring (bicyclic) bond motifs is 1. The molecule has 1 aromatic carbocycles. The highest BCUT2D eigenvalue weighted by molar-refractivity contribution is 6.30.